The summed E-state index contributed by atoms with van der Waals surface area (Å²) in [4.78, 5) is 0. The molecule has 1 fully saturated rings. The van der Waals surface area contributed by atoms with E-state index < -0.39 is 30.7 Å². The zero-order valence-electron chi connectivity index (χ0n) is 20.3. The van der Waals surface area contributed by atoms with E-state index in [9.17, 15) is 5.11 Å². The number of methoxy groups -OCH3 is 1. The van der Waals surface area contributed by atoms with E-state index in [0.717, 1.165) is 16.7 Å². The van der Waals surface area contributed by atoms with Crippen molar-refractivity contribution in [3.8, 4) is 0 Å². The van der Waals surface area contributed by atoms with Crippen LogP contribution in [0.4, 0.5) is 0 Å². The maximum absolute atomic E-state index is 13.5. The van der Waals surface area contributed by atoms with E-state index in [2.05, 4.69) is 0 Å². The summed E-state index contributed by atoms with van der Waals surface area (Å²) in [6.07, 6.45) is -4.13. The summed E-state index contributed by atoms with van der Waals surface area (Å²) in [7, 11) is 1.55. The third-order valence-electron chi connectivity index (χ3n) is 5.79. The smallest absolute Gasteiger partial charge is 0.848 e. The number of ether oxygens (including phenoxy) is 5. The van der Waals surface area contributed by atoms with E-state index in [0.29, 0.717) is 19.8 Å². The van der Waals surface area contributed by atoms with E-state index >= 15 is 0 Å². The number of benzene rings is 3. The van der Waals surface area contributed by atoms with Crippen LogP contribution < -0.4 is 56.5 Å². The number of hydrogen-bond donors (Lipinski definition) is 0. The largest absolute Gasteiger partial charge is 1.00 e. The van der Waals surface area contributed by atoms with Gasteiger partial charge in [-0.25, -0.2) is 0 Å². The zero-order valence-corrected chi connectivity index (χ0v) is 23.4. The van der Waals surface area contributed by atoms with Gasteiger partial charge in [0.1, 0.15) is 6.10 Å². The van der Waals surface area contributed by atoms with Crippen molar-refractivity contribution in [1.29, 1.82) is 0 Å². The second kappa shape index (κ2) is 15.3. The maximum Gasteiger partial charge on any atom is 1.00 e. The first-order chi connectivity index (χ1) is 16.7. The van der Waals surface area contributed by atoms with E-state index in [-0.39, 0.29) is 58.0 Å². The average Bonchev–Trinajstić information content (AvgIpc) is 2.89. The minimum atomic E-state index is -1.20. The van der Waals surface area contributed by atoms with Crippen LogP contribution in [0.2, 0.25) is 0 Å². The van der Waals surface area contributed by atoms with Crippen molar-refractivity contribution in [2.45, 2.75) is 50.5 Å². The fourth-order valence-corrected chi connectivity index (χ4v) is 3.97. The second-order valence-corrected chi connectivity index (χ2v) is 8.27. The van der Waals surface area contributed by atoms with Crippen molar-refractivity contribution in [2.75, 3.05) is 13.7 Å². The molecule has 0 saturated carbocycles. The fourth-order valence-electron chi connectivity index (χ4n) is 3.97. The van der Waals surface area contributed by atoms with Crippen LogP contribution in [-0.4, -0.2) is 44.4 Å². The van der Waals surface area contributed by atoms with Crippen molar-refractivity contribution in [3.05, 3.63) is 108 Å². The van der Waals surface area contributed by atoms with E-state index in [1.54, 1.807) is 7.11 Å². The van der Waals surface area contributed by atoms with Gasteiger partial charge in [-0.15, -0.1) is 0 Å². The predicted molar refractivity (Wildman–Crippen MR) is 126 cm³/mol. The molecule has 0 amide bonds. The first-order valence-electron chi connectivity index (χ1n) is 11.5. The van der Waals surface area contributed by atoms with Crippen molar-refractivity contribution < 1.29 is 80.2 Å². The van der Waals surface area contributed by atoms with Crippen molar-refractivity contribution >= 4 is 0 Å². The van der Waals surface area contributed by atoms with Gasteiger partial charge in [0.05, 0.1) is 38.6 Å². The minimum absolute atomic E-state index is 0. The Morgan fingerprint density at radius 2 is 1.14 bits per heavy atom. The molecule has 0 aliphatic carbocycles. The molecule has 7 heteroatoms. The Kier molecular flexibility index (Phi) is 12.5. The van der Waals surface area contributed by atoms with Gasteiger partial charge in [0.15, 0.2) is 6.29 Å². The van der Waals surface area contributed by atoms with Crippen LogP contribution in [0.25, 0.3) is 0 Å². The summed E-state index contributed by atoms with van der Waals surface area (Å²) in [5, 5.41) is 13.5. The molecule has 1 aliphatic heterocycles. The molecule has 1 aliphatic rings. The van der Waals surface area contributed by atoms with Gasteiger partial charge in [0, 0.05) is 7.11 Å². The Hall–Kier alpha value is -0.944. The van der Waals surface area contributed by atoms with E-state index in [1.165, 1.54) is 0 Å². The van der Waals surface area contributed by atoms with Gasteiger partial charge >= 0.3 is 51.4 Å². The van der Waals surface area contributed by atoms with Gasteiger partial charge in [-0.3, -0.25) is 0 Å². The Morgan fingerprint density at radius 1 is 0.686 bits per heavy atom. The van der Waals surface area contributed by atoms with Crippen LogP contribution in [0.5, 0.6) is 0 Å². The SMILES string of the molecule is CO[C@H]1OC(COCc2ccccc2)[C@@H]([O-])C(OCc2ccccc2)C1OCc1ccccc1.[K+]. The molecular weight excluding hydrogens is 471 g/mol. The third kappa shape index (κ3) is 8.55. The molecule has 3 aromatic carbocycles. The first-order valence-corrected chi connectivity index (χ1v) is 11.5. The molecule has 0 aromatic heterocycles. The molecule has 0 spiro atoms. The van der Waals surface area contributed by atoms with Crippen molar-refractivity contribution in [3.63, 3.8) is 0 Å². The normalized spacial score (nSPS) is 24.0. The molecular formula is C28H31KO6. The molecule has 0 N–H and O–H groups in total. The summed E-state index contributed by atoms with van der Waals surface area (Å²) in [6, 6.07) is 29.4. The molecule has 5 atom stereocenters. The summed E-state index contributed by atoms with van der Waals surface area (Å²) >= 11 is 0. The molecule has 3 unspecified atom stereocenters. The van der Waals surface area contributed by atoms with E-state index in [1.807, 2.05) is 91.0 Å². The molecule has 0 radical (unpaired) electrons. The van der Waals surface area contributed by atoms with Gasteiger partial charge in [0.2, 0.25) is 0 Å². The molecule has 3 aromatic rings. The molecule has 1 saturated heterocycles. The quantitative estimate of drug-likeness (QED) is 0.356. The molecule has 6 nitrogen and oxygen atoms in total. The number of rotatable bonds is 11. The Labute approximate surface area is 249 Å². The zero-order chi connectivity index (χ0) is 23.6. The van der Waals surface area contributed by atoms with Gasteiger partial charge < -0.3 is 28.8 Å². The van der Waals surface area contributed by atoms with Crippen LogP contribution in [0, 0.1) is 0 Å². The van der Waals surface area contributed by atoms with Crippen LogP contribution in [0.1, 0.15) is 16.7 Å². The summed E-state index contributed by atoms with van der Waals surface area (Å²) < 4.78 is 29.7. The topological polar surface area (TPSA) is 69.2 Å². The average molecular weight is 503 g/mol. The van der Waals surface area contributed by atoms with E-state index in [4.69, 9.17) is 23.7 Å². The van der Waals surface area contributed by atoms with Crippen molar-refractivity contribution in [1.82, 2.24) is 0 Å². The van der Waals surface area contributed by atoms with Gasteiger partial charge in [-0.2, -0.15) is 0 Å². The Bertz CT molecular complexity index is 959. The first kappa shape index (κ1) is 28.6. The molecule has 0 bridgehead atoms. The van der Waals surface area contributed by atoms with Gasteiger partial charge in [0.25, 0.3) is 0 Å². The number of hydrogen-bond acceptors (Lipinski definition) is 6. The molecule has 1 heterocycles. The van der Waals surface area contributed by atoms with Crippen LogP contribution >= 0.6 is 0 Å². The van der Waals surface area contributed by atoms with Crippen LogP contribution in [0.15, 0.2) is 91.0 Å². The standard InChI is InChI=1S/C28H31O6.K/c1-30-28-27(33-19-23-15-9-4-10-16-23)26(32-18-22-13-7-3-8-14-22)25(29)24(34-28)20-31-17-21-11-5-2-6-12-21;/h2-16,24-28H,17-20H2,1H3;/q-1;+1/t24?,25-,26?,27?,28+;/m1./s1. The fraction of sp³-hybridized carbons (Fsp3) is 0.357. The minimum Gasteiger partial charge on any atom is -0.848 e. The molecule has 180 valence electrons. The van der Waals surface area contributed by atoms with Crippen LogP contribution in [0.3, 0.4) is 0 Å². The Morgan fingerprint density at radius 3 is 1.63 bits per heavy atom. The molecule has 4 rings (SSSR count). The third-order valence-corrected chi connectivity index (χ3v) is 5.79. The summed E-state index contributed by atoms with van der Waals surface area (Å²) in [5.41, 5.74) is 3.01. The van der Waals surface area contributed by atoms with Crippen molar-refractivity contribution in [2.24, 2.45) is 0 Å². The summed E-state index contributed by atoms with van der Waals surface area (Å²) in [5.74, 6) is 0. The van der Waals surface area contributed by atoms with Gasteiger partial charge in [-0.05, 0) is 16.7 Å². The molecule has 35 heavy (non-hydrogen) atoms. The van der Waals surface area contributed by atoms with Gasteiger partial charge in [-0.1, -0.05) is 97.1 Å². The monoisotopic (exact) mass is 502 g/mol. The second-order valence-electron chi connectivity index (χ2n) is 8.27. The summed E-state index contributed by atoms with van der Waals surface area (Å²) in [6.45, 7) is 1.15. The maximum atomic E-state index is 13.5. The Balaban J connectivity index is 0.00000342. The van der Waals surface area contributed by atoms with Crippen LogP contribution in [-0.2, 0) is 43.5 Å². The predicted octanol–water partition coefficient (Wildman–Crippen LogP) is 0.478.